The SMILES string of the molecule is Nc1nc2ccc(/C(=N/O)c3ccccc3)cn2c1-c1ccccc1P. The van der Waals surface area contributed by atoms with Crippen molar-refractivity contribution in [1.29, 1.82) is 0 Å². The summed E-state index contributed by atoms with van der Waals surface area (Å²) in [6.45, 7) is 0. The van der Waals surface area contributed by atoms with Crippen LogP contribution in [-0.2, 0) is 0 Å². The Morgan fingerprint density at radius 1 is 0.962 bits per heavy atom. The number of imidazole rings is 1. The summed E-state index contributed by atoms with van der Waals surface area (Å²) in [6.07, 6.45) is 1.90. The van der Waals surface area contributed by atoms with Crippen LogP contribution in [0.1, 0.15) is 11.1 Å². The maximum absolute atomic E-state index is 9.58. The Morgan fingerprint density at radius 3 is 2.42 bits per heavy atom. The molecule has 5 nitrogen and oxygen atoms in total. The second-order valence-corrected chi connectivity index (χ2v) is 6.52. The summed E-state index contributed by atoms with van der Waals surface area (Å²) >= 11 is 0. The van der Waals surface area contributed by atoms with Crippen LogP contribution < -0.4 is 11.0 Å². The second-order valence-electron chi connectivity index (χ2n) is 5.89. The molecule has 1 unspecified atom stereocenters. The number of anilines is 1. The summed E-state index contributed by atoms with van der Waals surface area (Å²) in [7, 11) is 2.72. The number of hydrogen-bond acceptors (Lipinski definition) is 4. The molecule has 0 fully saturated rings. The monoisotopic (exact) mass is 360 g/mol. The van der Waals surface area contributed by atoms with Gasteiger partial charge in [-0.2, -0.15) is 0 Å². The summed E-state index contributed by atoms with van der Waals surface area (Å²) in [5.41, 5.74) is 10.8. The summed E-state index contributed by atoms with van der Waals surface area (Å²) in [5, 5.41) is 14.1. The molecule has 0 amide bonds. The van der Waals surface area contributed by atoms with Crippen molar-refractivity contribution in [1.82, 2.24) is 9.38 Å². The first-order chi connectivity index (χ1) is 12.7. The maximum Gasteiger partial charge on any atom is 0.150 e. The number of rotatable bonds is 3. The second kappa shape index (κ2) is 6.62. The van der Waals surface area contributed by atoms with Gasteiger partial charge in [0.1, 0.15) is 11.4 Å². The van der Waals surface area contributed by atoms with E-state index in [2.05, 4.69) is 19.4 Å². The number of nitrogens with zero attached hydrogens (tertiary/aromatic N) is 3. The Bertz CT molecular complexity index is 1120. The normalized spacial score (nSPS) is 11.8. The standard InChI is InChI=1S/C20H17N4OP/c21-20-19(15-8-4-5-9-16(15)26)24-12-14(10-11-17(24)22-20)18(23-25)13-6-2-1-3-7-13/h1-12,25H,21,26H2/b23-18+. The van der Waals surface area contributed by atoms with Gasteiger partial charge in [0.15, 0.2) is 5.82 Å². The summed E-state index contributed by atoms with van der Waals surface area (Å²) in [4.78, 5) is 4.46. The Hall–Kier alpha value is -3.17. The molecule has 0 saturated carbocycles. The summed E-state index contributed by atoms with van der Waals surface area (Å²) in [6, 6.07) is 21.2. The minimum absolute atomic E-state index is 0.458. The van der Waals surface area contributed by atoms with E-state index in [9.17, 15) is 5.21 Å². The average molecular weight is 360 g/mol. The fourth-order valence-corrected chi connectivity index (χ4v) is 3.41. The molecule has 0 radical (unpaired) electrons. The maximum atomic E-state index is 9.58. The quantitative estimate of drug-likeness (QED) is 0.255. The van der Waals surface area contributed by atoms with Crippen molar-refractivity contribution in [2.24, 2.45) is 5.16 Å². The third kappa shape index (κ3) is 2.72. The van der Waals surface area contributed by atoms with Gasteiger partial charge in [-0.15, -0.1) is 9.24 Å². The number of aromatic nitrogens is 2. The number of pyridine rings is 1. The van der Waals surface area contributed by atoms with Crippen LogP contribution in [0.2, 0.25) is 0 Å². The van der Waals surface area contributed by atoms with E-state index in [-0.39, 0.29) is 0 Å². The molecule has 26 heavy (non-hydrogen) atoms. The fraction of sp³-hybridized carbons (Fsp3) is 0. The van der Waals surface area contributed by atoms with Crippen LogP contribution in [0.25, 0.3) is 16.9 Å². The molecule has 3 N–H and O–H groups in total. The lowest BCUT2D eigenvalue weighted by atomic mass is 10.0. The molecule has 2 aromatic carbocycles. The predicted molar refractivity (Wildman–Crippen MR) is 108 cm³/mol. The third-order valence-corrected chi connectivity index (χ3v) is 4.79. The first-order valence-corrected chi connectivity index (χ1v) is 8.67. The van der Waals surface area contributed by atoms with Crippen LogP contribution in [-0.4, -0.2) is 20.3 Å². The molecule has 0 saturated heterocycles. The molecule has 0 aliphatic rings. The summed E-state index contributed by atoms with van der Waals surface area (Å²) in [5.74, 6) is 0.458. The third-order valence-electron chi connectivity index (χ3n) is 4.28. The predicted octanol–water partition coefficient (Wildman–Crippen LogP) is 3.31. The van der Waals surface area contributed by atoms with Gasteiger partial charge in [-0.05, 0) is 17.4 Å². The van der Waals surface area contributed by atoms with Gasteiger partial charge in [0.2, 0.25) is 0 Å². The van der Waals surface area contributed by atoms with Crippen molar-refractivity contribution in [3.8, 4) is 11.3 Å². The number of fused-ring (bicyclic) bond motifs is 1. The van der Waals surface area contributed by atoms with E-state index in [1.165, 1.54) is 0 Å². The Balaban J connectivity index is 1.93. The van der Waals surface area contributed by atoms with Crippen molar-refractivity contribution in [2.75, 3.05) is 5.73 Å². The van der Waals surface area contributed by atoms with Crippen LogP contribution in [0.3, 0.4) is 0 Å². The van der Waals surface area contributed by atoms with Gasteiger partial charge in [-0.1, -0.05) is 59.8 Å². The van der Waals surface area contributed by atoms with Crippen molar-refractivity contribution in [3.05, 3.63) is 84.1 Å². The average Bonchev–Trinajstić information content (AvgIpc) is 2.99. The van der Waals surface area contributed by atoms with E-state index in [1.807, 2.05) is 77.3 Å². The van der Waals surface area contributed by atoms with Gasteiger partial charge in [-0.3, -0.25) is 4.40 Å². The molecule has 4 rings (SSSR count). The lowest BCUT2D eigenvalue weighted by Gasteiger charge is -2.09. The Kier molecular flexibility index (Phi) is 4.15. The molecular formula is C20H17N4OP. The van der Waals surface area contributed by atoms with E-state index >= 15 is 0 Å². The first kappa shape index (κ1) is 16.3. The highest BCUT2D eigenvalue weighted by Crippen LogP contribution is 2.27. The molecular weight excluding hydrogens is 343 g/mol. The summed E-state index contributed by atoms with van der Waals surface area (Å²) < 4.78 is 1.93. The van der Waals surface area contributed by atoms with Gasteiger partial charge in [0.05, 0.1) is 5.69 Å². The molecule has 2 heterocycles. The van der Waals surface area contributed by atoms with Crippen LogP contribution in [0.15, 0.2) is 78.1 Å². The topological polar surface area (TPSA) is 75.9 Å². The molecule has 1 atom stereocenters. The molecule has 0 bridgehead atoms. The van der Waals surface area contributed by atoms with E-state index in [0.717, 1.165) is 33.3 Å². The van der Waals surface area contributed by atoms with Gasteiger partial charge in [0.25, 0.3) is 0 Å². The van der Waals surface area contributed by atoms with E-state index in [0.29, 0.717) is 11.5 Å². The fourth-order valence-electron chi connectivity index (χ4n) is 3.06. The number of nitrogens with two attached hydrogens (primary N) is 1. The first-order valence-electron chi connectivity index (χ1n) is 8.09. The van der Waals surface area contributed by atoms with Gasteiger partial charge < -0.3 is 10.9 Å². The number of oxime groups is 1. The number of nitrogen functional groups attached to an aromatic ring is 1. The van der Waals surface area contributed by atoms with Gasteiger partial charge in [-0.25, -0.2) is 4.98 Å². The number of hydrogen-bond donors (Lipinski definition) is 2. The van der Waals surface area contributed by atoms with Crippen molar-refractivity contribution < 1.29 is 5.21 Å². The van der Waals surface area contributed by atoms with Crippen LogP contribution in [0.4, 0.5) is 5.82 Å². The molecule has 0 aliphatic carbocycles. The zero-order valence-corrected chi connectivity index (χ0v) is 15.0. The minimum Gasteiger partial charge on any atom is -0.410 e. The van der Waals surface area contributed by atoms with E-state index in [1.54, 1.807) is 0 Å². The highest BCUT2D eigenvalue weighted by Gasteiger charge is 2.16. The van der Waals surface area contributed by atoms with Crippen molar-refractivity contribution in [2.45, 2.75) is 0 Å². The highest BCUT2D eigenvalue weighted by molar-refractivity contribution is 7.28. The lowest BCUT2D eigenvalue weighted by molar-refractivity contribution is 0.319. The van der Waals surface area contributed by atoms with E-state index in [4.69, 9.17) is 5.73 Å². The molecule has 0 aliphatic heterocycles. The van der Waals surface area contributed by atoms with Gasteiger partial charge in [0, 0.05) is 22.9 Å². The molecule has 4 aromatic rings. The molecule has 6 heteroatoms. The van der Waals surface area contributed by atoms with Gasteiger partial charge >= 0.3 is 0 Å². The van der Waals surface area contributed by atoms with Crippen molar-refractivity contribution in [3.63, 3.8) is 0 Å². The Labute approximate surface area is 153 Å². The largest absolute Gasteiger partial charge is 0.410 e. The van der Waals surface area contributed by atoms with Crippen LogP contribution >= 0.6 is 9.24 Å². The zero-order chi connectivity index (χ0) is 18.1. The zero-order valence-electron chi connectivity index (χ0n) is 13.9. The molecule has 128 valence electrons. The minimum atomic E-state index is 0.458. The highest BCUT2D eigenvalue weighted by atomic mass is 31.0. The smallest absolute Gasteiger partial charge is 0.150 e. The number of benzene rings is 2. The molecule has 2 aromatic heterocycles. The van der Waals surface area contributed by atoms with E-state index < -0.39 is 0 Å². The van der Waals surface area contributed by atoms with Crippen LogP contribution in [0.5, 0.6) is 0 Å². The van der Waals surface area contributed by atoms with Crippen LogP contribution in [0, 0.1) is 0 Å². The Morgan fingerprint density at radius 2 is 1.69 bits per heavy atom. The van der Waals surface area contributed by atoms with Crippen molar-refractivity contribution >= 4 is 31.7 Å². The lowest BCUT2D eigenvalue weighted by Crippen LogP contribution is -2.06. The molecule has 0 spiro atoms.